The minimum atomic E-state index is 0. The van der Waals surface area contributed by atoms with Crippen LogP contribution < -0.4 is 0 Å². The predicted octanol–water partition coefficient (Wildman–Crippen LogP) is 3.06. The summed E-state index contributed by atoms with van der Waals surface area (Å²) < 4.78 is 0. The van der Waals surface area contributed by atoms with Gasteiger partial charge < -0.3 is 0 Å². The maximum absolute atomic E-state index is 3.30. The molecule has 0 unspecified atom stereocenters. The van der Waals surface area contributed by atoms with Crippen molar-refractivity contribution in [1.82, 2.24) is 0 Å². The number of rotatable bonds is 0. The summed E-state index contributed by atoms with van der Waals surface area (Å²) in [7, 11) is 0. The maximum Gasteiger partial charge on any atom is 2.00 e. The summed E-state index contributed by atoms with van der Waals surface area (Å²) in [6.45, 7) is 0. The number of hydrogen-bond donors (Lipinski definition) is 0. The Morgan fingerprint density at radius 3 is 2.64 bits per heavy atom. The Morgan fingerprint density at radius 1 is 0.929 bits per heavy atom. The molecule has 0 aromatic heterocycles. The summed E-state index contributed by atoms with van der Waals surface area (Å²) in [6.07, 6.45) is 1.05. The Labute approximate surface area is 98.9 Å². The molecule has 3 rings (SSSR count). The molecule has 0 N–H and O–H groups in total. The molecule has 0 saturated heterocycles. The Morgan fingerprint density at radius 2 is 1.71 bits per heavy atom. The van der Waals surface area contributed by atoms with E-state index in [1.54, 1.807) is 0 Å². The largest absolute Gasteiger partial charge is 2.00 e. The van der Waals surface area contributed by atoms with Crippen LogP contribution in [-0.4, -0.2) is 0 Å². The number of hydrogen-bond acceptors (Lipinski definition) is 0. The third kappa shape index (κ3) is 1.35. The van der Waals surface area contributed by atoms with Crippen LogP contribution in [0.2, 0.25) is 0 Å². The van der Waals surface area contributed by atoms with E-state index in [1.807, 2.05) is 6.07 Å². The quantitative estimate of drug-likeness (QED) is 0.397. The Hall–Kier alpha value is -0.846. The minimum absolute atomic E-state index is 0. The van der Waals surface area contributed by atoms with Crippen molar-refractivity contribution in [2.45, 2.75) is 6.42 Å². The van der Waals surface area contributed by atoms with Crippen LogP contribution in [0, 0.1) is 6.07 Å². The van der Waals surface area contributed by atoms with Gasteiger partial charge in [-0.25, -0.2) is 0 Å². The SMILES string of the molecule is [Ti+2].[c-]1cccc2c1Cc1ccccc1-2. The van der Waals surface area contributed by atoms with E-state index in [0.717, 1.165) is 6.42 Å². The van der Waals surface area contributed by atoms with Crippen LogP contribution in [-0.2, 0) is 28.1 Å². The fourth-order valence-corrected chi connectivity index (χ4v) is 2.00. The van der Waals surface area contributed by atoms with Crippen LogP contribution in [0.4, 0.5) is 0 Å². The van der Waals surface area contributed by atoms with Crippen molar-refractivity contribution in [3.8, 4) is 11.1 Å². The van der Waals surface area contributed by atoms with Gasteiger partial charge >= 0.3 is 21.7 Å². The first-order valence-corrected chi connectivity index (χ1v) is 4.53. The Balaban J connectivity index is 0.000000750. The molecule has 0 amide bonds. The first-order valence-electron chi connectivity index (χ1n) is 4.53. The average Bonchev–Trinajstić information content (AvgIpc) is 2.56. The summed E-state index contributed by atoms with van der Waals surface area (Å²) in [5, 5.41) is 0. The summed E-state index contributed by atoms with van der Waals surface area (Å²) in [5.74, 6) is 0. The van der Waals surface area contributed by atoms with Gasteiger partial charge in [0.15, 0.2) is 0 Å². The first-order chi connectivity index (χ1) is 6.45. The molecule has 14 heavy (non-hydrogen) atoms. The minimum Gasteiger partial charge on any atom is -0.179 e. The molecular weight excluding hydrogens is 204 g/mol. The monoisotopic (exact) mass is 213 g/mol. The second kappa shape index (κ2) is 3.72. The van der Waals surface area contributed by atoms with Crippen LogP contribution in [0.1, 0.15) is 11.1 Å². The average molecular weight is 213 g/mol. The van der Waals surface area contributed by atoms with E-state index < -0.39 is 0 Å². The van der Waals surface area contributed by atoms with E-state index in [-0.39, 0.29) is 21.7 Å². The van der Waals surface area contributed by atoms with Crippen molar-refractivity contribution in [1.29, 1.82) is 0 Å². The molecule has 0 atom stereocenters. The third-order valence-electron chi connectivity index (χ3n) is 2.62. The van der Waals surface area contributed by atoms with Gasteiger partial charge in [-0.15, -0.1) is 5.56 Å². The summed E-state index contributed by atoms with van der Waals surface area (Å²) in [4.78, 5) is 0. The molecule has 64 valence electrons. The molecule has 0 nitrogen and oxygen atoms in total. The Kier molecular flexibility index (Phi) is 2.58. The van der Waals surface area contributed by atoms with Crippen LogP contribution in [0.5, 0.6) is 0 Å². The smallest absolute Gasteiger partial charge is 0.179 e. The summed E-state index contributed by atoms with van der Waals surface area (Å²) >= 11 is 0. The number of benzene rings is 2. The zero-order chi connectivity index (χ0) is 8.67. The third-order valence-corrected chi connectivity index (χ3v) is 2.62. The van der Waals surface area contributed by atoms with E-state index in [4.69, 9.17) is 0 Å². The van der Waals surface area contributed by atoms with Crippen molar-refractivity contribution in [3.05, 3.63) is 59.7 Å². The Bertz CT molecular complexity index is 417. The molecule has 0 aliphatic heterocycles. The molecular formula is C13H9Ti+. The molecule has 1 heteroatoms. The zero-order valence-corrected chi connectivity index (χ0v) is 9.31. The van der Waals surface area contributed by atoms with Crippen molar-refractivity contribution in [3.63, 3.8) is 0 Å². The van der Waals surface area contributed by atoms with Gasteiger partial charge in [-0.05, 0) is 6.42 Å². The molecule has 0 heterocycles. The molecule has 1 aliphatic rings. The van der Waals surface area contributed by atoms with Crippen LogP contribution in [0.3, 0.4) is 0 Å². The number of fused-ring (bicyclic) bond motifs is 3. The maximum atomic E-state index is 3.30. The van der Waals surface area contributed by atoms with Gasteiger partial charge in [0.2, 0.25) is 0 Å². The topological polar surface area (TPSA) is 0 Å². The first kappa shape index (κ1) is 9.70. The molecule has 0 fully saturated rings. The van der Waals surface area contributed by atoms with Gasteiger partial charge in [0, 0.05) is 0 Å². The van der Waals surface area contributed by atoms with Gasteiger partial charge in [-0.3, -0.25) is 0 Å². The van der Waals surface area contributed by atoms with Crippen LogP contribution in [0.15, 0.2) is 42.5 Å². The molecule has 0 saturated carbocycles. The van der Waals surface area contributed by atoms with Crippen molar-refractivity contribution in [2.75, 3.05) is 0 Å². The van der Waals surface area contributed by atoms with E-state index in [1.165, 1.54) is 22.3 Å². The second-order valence-corrected chi connectivity index (χ2v) is 3.40. The normalized spacial score (nSPS) is 11.4. The molecule has 0 spiro atoms. The molecule has 1 aliphatic carbocycles. The molecule has 0 radical (unpaired) electrons. The fourth-order valence-electron chi connectivity index (χ4n) is 2.00. The van der Waals surface area contributed by atoms with Crippen molar-refractivity contribution >= 4 is 0 Å². The summed E-state index contributed by atoms with van der Waals surface area (Å²) in [5.41, 5.74) is 5.51. The molecule has 2 aromatic carbocycles. The predicted molar refractivity (Wildman–Crippen MR) is 53.5 cm³/mol. The van der Waals surface area contributed by atoms with Crippen molar-refractivity contribution < 1.29 is 21.7 Å². The fraction of sp³-hybridized carbons (Fsp3) is 0.0769. The molecule has 0 bridgehead atoms. The van der Waals surface area contributed by atoms with Gasteiger partial charge in [-0.1, -0.05) is 35.4 Å². The summed E-state index contributed by atoms with van der Waals surface area (Å²) in [6, 6.07) is 18.1. The van der Waals surface area contributed by atoms with Crippen molar-refractivity contribution in [2.24, 2.45) is 0 Å². The van der Waals surface area contributed by atoms with Gasteiger partial charge in [0.25, 0.3) is 0 Å². The second-order valence-electron chi connectivity index (χ2n) is 3.40. The van der Waals surface area contributed by atoms with Crippen LogP contribution in [0.25, 0.3) is 11.1 Å². The van der Waals surface area contributed by atoms with Gasteiger partial charge in [0.1, 0.15) is 0 Å². The standard InChI is InChI=1S/C13H9.Ti/c1-3-7-12-10(5-1)9-11-6-2-4-8-13(11)12;/h1-5,7-8H,9H2;/q-1;+2. The van der Waals surface area contributed by atoms with Gasteiger partial charge in [-0.2, -0.15) is 29.8 Å². The van der Waals surface area contributed by atoms with Gasteiger partial charge in [0.05, 0.1) is 0 Å². The van der Waals surface area contributed by atoms with E-state index in [0.29, 0.717) is 0 Å². The van der Waals surface area contributed by atoms with E-state index in [9.17, 15) is 0 Å². The van der Waals surface area contributed by atoms with Crippen LogP contribution >= 0.6 is 0 Å². The van der Waals surface area contributed by atoms with E-state index in [2.05, 4.69) is 42.5 Å². The van der Waals surface area contributed by atoms with E-state index >= 15 is 0 Å². The zero-order valence-electron chi connectivity index (χ0n) is 7.75. The molecule has 2 aromatic rings.